The monoisotopic (exact) mass is 283 g/mol. The number of hydrogen-bond acceptors (Lipinski definition) is 3. The van der Waals surface area contributed by atoms with E-state index in [4.69, 9.17) is 4.74 Å². The molecule has 20 heavy (non-hydrogen) atoms. The first-order valence-corrected chi connectivity index (χ1v) is 8.07. The molecule has 0 atom stereocenters. The standard InChI is InChI=1S/C15H29N3O2/c1-2-16-14(18-13-6-4-3-5-7-13)17-12-15(19)8-10-20-11-9-15/h13,19H,2-12H2,1H3,(H2,16,17,18). The van der Waals surface area contributed by atoms with Gasteiger partial charge in [-0.1, -0.05) is 19.3 Å². The summed E-state index contributed by atoms with van der Waals surface area (Å²) in [6.45, 7) is 4.65. The third-order valence-electron chi connectivity index (χ3n) is 4.25. The van der Waals surface area contributed by atoms with E-state index in [1.165, 1.54) is 32.1 Å². The molecule has 2 aliphatic rings. The third kappa shape index (κ3) is 4.94. The first-order chi connectivity index (χ1) is 9.72. The van der Waals surface area contributed by atoms with E-state index in [1.54, 1.807) is 0 Å². The van der Waals surface area contributed by atoms with Gasteiger partial charge in [0.05, 0.1) is 12.1 Å². The van der Waals surface area contributed by atoms with E-state index in [0.717, 1.165) is 12.5 Å². The maximum atomic E-state index is 10.5. The van der Waals surface area contributed by atoms with Crippen LogP contribution < -0.4 is 10.6 Å². The van der Waals surface area contributed by atoms with Gasteiger partial charge in [-0.25, -0.2) is 0 Å². The lowest BCUT2D eigenvalue weighted by molar-refractivity contribution is -0.0566. The minimum absolute atomic E-state index is 0.457. The number of rotatable bonds is 4. The Balaban J connectivity index is 1.87. The van der Waals surface area contributed by atoms with Gasteiger partial charge in [-0.3, -0.25) is 4.99 Å². The molecule has 116 valence electrons. The molecule has 5 heteroatoms. The molecule has 5 nitrogen and oxygen atoms in total. The molecule has 0 aromatic heterocycles. The Morgan fingerprint density at radius 1 is 1.25 bits per heavy atom. The quantitative estimate of drug-likeness (QED) is 0.539. The molecule has 2 fully saturated rings. The van der Waals surface area contributed by atoms with Crippen LogP contribution in [0.1, 0.15) is 51.9 Å². The molecule has 0 spiro atoms. The summed E-state index contributed by atoms with van der Waals surface area (Å²) in [6.07, 6.45) is 7.77. The van der Waals surface area contributed by atoms with Gasteiger partial charge in [0.15, 0.2) is 5.96 Å². The molecule has 1 aliphatic heterocycles. The highest BCUT2D eigenvalue weighted by molar-refractivity contribution is 5.80. The number of nitrogens with zero attached hydrogens (tertiary/aromatic N) is 1. The van der Waals surface area contributed by atoms with Crippen molar-refractivity contribution in [1.29, 1.82) is 0 Å². The van der Waals surface area contributed by atoms with Gasteiger partial charge in [-0.2, -0.15) is 0 Å². The Bertz CT molecular complexity index is 308. The van der Waals surface area contributed by atoms with E-state index < -0.39 is 5.60 Å². The van der Waals surface area contributed by atoms with E-state index in [-0.39, 0.29) is 0 Å². The van der Waals surface area contributed by atoms with Crippen LogP contribution in [0.3, 0.4) is 0 Å². The van der Waals surface area contributed by atoms with Gasteiger partial charge in [0.1, 0.15) is 0 Å². The summed E-state index contributed by atoms with van der Waals surface area (Å²) >= 11 is 0. The van der Waals surface area contributed by atoms with E-state index in [9.17, 15) is 5.11 Å². The molecule has 0 aromatic carbocycles. The number of ether oxygens (including phenoxy) is 1. The second-order valence-electron chi connectivity index (χ2n) is 6.01. The minimum Gasteiger partial charge on any atom is -0.388 e. The average molecular weight is 283 g/mol. The van der Waals surface area contributed by atoms with E-state index in [2.05, 4.69) is 22.5 Å². The van der Waals surface area contributed by atoms with Crippen LogP contribution in [0.25, 0.3) is 0 Å². The van der Waals surface area contributed by atoms with Gasteiger partial charge in [0, 0.05) is 38.6 Å². The van der Waals surface area contributed by atoms with Crippen LogP contribution in [-0.2, 0) is 4.74 Å². The molecule has 2 rings (SSSR count). The zero-order valence-electron chi connectivity index (χ0n) is 12.7. The maximum absolute atomic E-state index is 10.5. The third-order valence-corrected chi connectivity index (χ3v) is 4.25. The molecule has 1 saturated heterocycles. The largest absolute Gasteiger partial charge is 0.388 e. The van der Waals surface area contributed by atoms with E-state index in [1.807, 2.05) is 0 Å². The van der Waals surface area contributed by atoms with Gasteiger partial charge < -0.3 is 20.5 Å². The van der Waals surface area contributed by atoms with Crippen molar-refractivity contribution >= 4 is 5.96 Å². The highest BCUT2D eigenvalue weighted by Gasteiger charge is 2.29. The maximum Gasteiger partial charge on any atom is 0.191 e. The molecule has 1 aliphatic carbocycles. The lowest BCUT2D eigenvalue weighted by Crippen LogP contribution is -2.46. The average Bonchev–Trinajstić information content (AvgIpc) is 2.47. The summed E-state index contributed by atoms with van der Waals surface area (Å²) in [4.78, 5) is 4.59. The zero-order chi connectivity index (χ0) is 14.3. The summed E-state index contributed by atoms with van der Waals surface area (Å²) in [5.41, 5.74) is -0.687. The van der Waals surface area contributed by atoms with E-state index in [0.29, 0.717) is 38.6 Å². The summed E-state index contributed by atoms with van der Waals surface area (Å²) in [6, 6.07) is 0.533. The van der Waals surface area contributed by atoms with Crippen LogP contribution in [0.2, 0.25) is 0 Å². The Morgan fingerprint density at radius 2 is 1.95 bits per heavy atom. The Morgan fingerprint density at radius 3 is 2.60 bits per heavy atom. The van der Waals surface area contributed by atoms with Gasteiger partial charge in [0.25, 0.3) is 0 Å². The molecule has 0 bridgehead atoms. The number of hydrogen-bond donors (Lipinski definition) is 3. The summed E-state index contributed by atoms with van der Waals surface area (Å²) in [5.74, 6) is 0.847. The van der Waals surface area contributed by atoms with Gasteiger partial charge in [-0.15, -0.1) is 0 Å². The minimum atomic E-state index is -0.687. The highest BCUT2D eigenvalue weighted by atomic mass is 16.5. The topological polar surface area (TPSA) is 65.9 Å². The van der Waals surface area contributed by atoms with Gasteiger partial charge in [-0.05, 0) is 19.8 Å². The first-order valence-electron chi connectivity index (χ1n) is 8.07. The number of aliphatic imine (C=N–C) groups is 1. The Hall–Kier alpha value is -0.810. The predicted octanol–water partition coefficient (Wildman–Crippen LogP) is 1.42. The number of aliphatic hydroxyl groups is 1. The van der Waals surface area contributed by atoms with Crippen LogP contribution in [0.5, 0.6) is 0 Å². The van der Waals surface area contributed by atoms with Crippen LogP contribution in [-0.4, -0.2) is 49.0 Å². The van der Waals surface area contributed by atoms with E-state index >= 15 is 0 Å². The normalized spacial score (nSPS) is 24.4. The first kappa shape index (κ1) is 15.6. The molecular formula is C15H29N3O2. The molecular weight excluding hydrogens is 254 g/mol. The van der Waals surface area contributed by atoms with Gasteiger partial charge in [0.2, 0.25) is 0 Å². The van der Waals surface area contributed by atoms with Crippen molar-refractivity contribution in [3.8, 4) is 0 Å². The molecule has 3 N–H and O–H groups in total. The molecule has 0 aromatic rings. The van der Waals surface area contributed by atoms with Crippen molar-refractivity contribution in [2.24, 2.45) is 4.99 Å². The van der Waals surface area contributed by atoms with Crippen molar-refractivity contribution in [1.82, 2.24) is 10.6 Å². The summed E-state index contributed by atoms with van der Waals surface area (Å²) in [5, 5.41) is 17.2. The molecule has 1 saturated carbocycles. The summed E-state index contributed by atoms with van der Waals surface area (Å²) in [7, 11) is 0. The number of guanidine groups is 1. The van der Waals surface area contributed by atoms with Crippen LogP contribution in [0.4, 0.5) is 0 Å². The van der Waals surface area contributed by atoms with Crippen molar-refractivity contribution < 1.29 is 9.84 Å². The fourth-order valence-corrected chi connectivity index (χ4v) is 2.90. The van der Waals surface area contributed by atoms with Crippen molar-refractivity contribution in [2.45, 2.75) is 63.5 Å². The Labute approximate surface area is 122 Å². The van der Waals surface area contributed by atoms with Crippen LogP contribution in [0.15, 0.2) is 4.99 Å². The fraction of sp³-hybridized carbons (Fsp3) is 0.933. The highest BCUT2D eigenvalue weighted by Crippen LogP contribution is 2.21. The molecule has 0 amide bonds. The SMILES string of the molecule is CCNC(=NCC1(O)CCOCC1)NC1CCCCC1. The molecule has 0 unspecified atom stereocenters. The van der Waals surface area contributed by atoms with Crippen LogP contribution in [0, 0.1) is 0 Å². The Kier molecular flexibility index (Phi) is 6.10. The zero-order valence-corrected chi connectivity index (χ0v) is 12.7. The lowest BCUT2D eigenvalue weighted by atomic mass is 9.94. The second kappa shape index (κ2) is 7.84. The molecule has 0 radical (unpaired) electrons. The fourth-order valence-electron chi connectivity index (χ4n) is 2.90. The van der Waals surface area contributed by atoms with Crippen molar-refractivity contribution in [3.05, 3.63) is 0 Å². The van der Waals surface area contributed by atoms with Gasteiger partial charge >= 0.3 is 0 Å². The predicted molar refractivity (Wildman–Crippen MR) is 81.0 cm³/mol. The van der Waals surface area contributed by atoms with Crippen LogP contribution >= 0.6 is 0 Å². The smallest absolute Gasteiger partial charge is 0.191 e. The second-order valence-corrected chi connectivity index (χ2v) is 6.01. The van der Waals surface area contributed by atoms with Crippen molar-refractivity contribution in [2.75, 3.05) is 26.3 Å². The number of nitrogens with one attached hydrogen (secondary N) is 2. The molecule has 1 heterocycles. The van der Waals surface area contributed by atoms with Crippen molar-refractivity contribution in [3.63, 3.8) is 0 Å². The summed E-state index contributed by atoms with van der Waals surface area (Å²) < 4.78 is 5.30. The lowest BCUT2D eigenvalue weighted by Gasteiger charge is -2.31.